The van der Waals surface area contributed by atoms with E-state index in [-0.39, 0.29) is 46.2 Å². The predicted molar refractivity (Wildman–Crippen MR) is 118 cm³/mol. The van der Waals surface area contributed by atoms with E-state index in [1.54, 1.807) is 17.8 Å². The summed E-state index contributed by atoms with van der Waals surface area (Å²) in [4.78, 5) is 25.5. The highest BCUT2D eigenvalue weighted by Gasteiger charge is 2.54. The molecule has 9 heteroatoms. The maximum atomic E-state index is 13.6. The van der Waals surface area contributed by atoms with Crippen molar-refractivity contribution in [1.29, 1.82) is 0 Å². The molecule has 3 aliphatic carbocycles. The molecule has 0 spiro atoms. The zero-order chi connectivity index (χ0) is 23.1. The normalized spacial score (nSPS) is 26.6. The highest BCUT2D eigenvalue weighted by Crippen LogP contribution is 2.50. The standard InChI is InChI=1S/C23H28ClFN4O3/c1-14-12-22(27-21(31)19-10-15(2)28-29(19)3)6-8-23(14,9-7-22)26-20(30)13-32-16-4-5-17(24)18(25)11-16/h4-5,10-11,14H,6-9,12-13H2,1-3H3,(H,26,30)(H,27,31)/t14-,22?,23?/m1/s1. The third-order valence-corrected chi connectivity index (χ3v) is 7.31. The zero-order valence-corrected chi connectivity index (χ0v) is 19.3. The third-order valence-electron chi connectivity index (χ3n) is 7.00. The molecule has 32 heavy (non-hydrogen) atoms. The summed E-state index contributed by atoms with van der Waals surface area (Å²) >= 11 is 5.68. The van der Waals surface area contributed by atoms with Gasteiger partial charge >= 0.3 is 0 Å². The summed E-state index contributed by atoms with van der Waals surface area (Å²) in [6.07, 6.45) is 3.94. The summed E-state index contributed by atoms with van der Waals surface area (Å²) < 4.78 is 20.6. The number of aryl methyl sites for hydroxylation is 2. The lowest BCUT2D eigenvalue weighted by Crippen LogP contribution is -2.67. The SMILES string of the molecule is Cc1cc(C(=O)NC23CCC(NC(=O)COc4ccc(Cl)c(F)c4)(CC2)[C@H](C)C3)n(C)n1. The number of carbonyl (C=O) groups is 2. The first-order valence-electron chi connectivity index (χ1n) is 10.8. The first-order valence-corrected chi connectivity index (χ1v) is 11.2. The average molecular weight is 463 g/mol. The van der Waals surface area contributed by atoms with Crippen molar-refractivity contribution in [1.82, 2.24) is 20.4 Å². The molecule has 2 N–H and O–H groups in total. The smallest absolute Gasteiger partial charge is 0.269 e. The first-order chi connectivity index (χ1) is 15.1. The van der Waals surface area contributed by atoms with Crippen molar-refractivity contribution in [2.45, 2.75) is 57.0 Å². The molecule has 3 fully saturated rings. The van der Waals surface area contributed by atoms with Crippen LogP contribution in [0.1, 0.15) is 55.2 Å². The number of rotatable bonds is 6. The first kappa shape index (κ1) is 22.6. The Morgan fingerprint density at radius 1 is 1.25 bits per heavy atom. The lowest BCUT2D eigenvalue weighted by Gasteiger charge is -2.57. The zero-order valence-electron chi connectivity index (χ0n) is 18.5. The Morgan fingerprint density at radius 3 is 2.56 bits per heavy atom. The molecule has 0 saturated heterocycles. The fourth-order valence-corrected chi connectivity index (χ4v) is 5.35. The van der Waals surface area contributed by atoms with Gasteiger partial charge in [-0.1, -0.05) is 18.5 Å². The summed E-state index contributed by atoms with van der Waals surface area (Å²) in [6, 6.07) is 5.88. The van der Waals surface area contributed by atoms with Crippen LogP contribution in [0.4, 0.5) is 4.39 Å². The molecular weight excluding hydrogens is 435 g/mol. The molecule has 3 aliphatic rings. The van der Waals surface area contributed by atoms with Crippen LogP contribution in [0.2, 0.25) is 5.02 Å². The van der Waals surface area contributed by atoms with Gasteiger partial charge in [0, 0.05) is 24.2 Å². The summed E-state index contributed by atoms with van der Waals surface area (Å²) in [5, 5.41) is 10.7. The monoisotopic (exact) mass is 462 g/mol. The van der Waals surface area contributed by atoms with Crippen molar-refractivity contribution in [2.24, 2.45) is 13.0 Å². The molecule has 2 amide bonds. The van der Waals surface area contributed by atoms with E-state index in [4.69, 9.17) is 16.3 Å². The van der Waals surface area contributed by atoms with Crippen LogP contribution in [0.15, 0.2) is 24.3 Å². The van der Waals surface area contributed by atoms with Crippen LogP contribution < -0.4 is 15.4 Å². The Kier molecular flexibility index (Phi) is 5.92. The Labute approximate surface area is 191 Å². The quantitative estimate of drug-likeness (QED) is 0.687. The minimum Gasteiger partial charge on any atom is -0.484 e. The maximum Gasteiger partial charge on any atom is 0.269 e. The van der Waals surface area contributed by atoms with Gasteiger partial charge in [0.05, 0.1) is 10.7 Å². The number of nitrogens with zero attached hydrogens (tertiary/aromatic N) is 2. The number of hydrogen-bond acceptors (Lipinski definition) is 4. The van der Waals surface area contributed by atoms with E-state index in [0.717, 1.165) is 37.8 Å². The summed E-state index contributed by atoms with van der Waals surface area (Å²) in [5.41, 5.74) is 0.775. The van der Waals surface area contributed by atoms with Crippen LogP contribution in [-0.4, -0.2) is 39.3 Å². The molecule has 172 valence electrons. The van der Waals surface area contributed by atoms with E-state index >= 15 is 0 Å². The summed E-state index contributed by atoms with van der Waals surface area (Å²) in [5.74, 6) is -0.489. The number of ether oxygens (including phenoxy) is 1. The maximum absolute atomic E-state index is 13.6. The Morgan fingerprint density at radius 2 is 1.97 bits per heavy atom. The van der Waals surface area contributed by atoms with Gasteiger partial charge in [0.15, 0.2) is 6.61 Å². The van der Waals surface area contributed by atoms with Crippen molar-refractivity contribution in [2.75, 3.05) is 6.61 Å². The van der Waals surface area contributed by atoms with Crippen LogP contribution in [-0.2, 0) is 11.8 Å². The molecule has 1 atom stereocenters. The van der Waals surface area contributed by atoms with Gasteiger partial charge in [0.1, 0.15) is 17.3 Å². The van der Waals surface area contributed by atoms with Gasteiger partial charge in [-0.2, -0.15) is 5.10 Å². The Balaban J connectivity index is 1.35. The highest BCUT2D eigenvalue weighted by atomic mass is 35.5. The molecule has 2 aromatic rings. The van der Waals surface area contributed by atoms with Crippen LogP contribution in [0, 0.1) is 18.7 Å². The number of hydrogen-bond donors (Lipinski definition) is 2. The molecule has 2 bridgehead atoms. The van der Waals surface area contributed by atoms with Crippen molar-refractivity contribution in [3.63, 3.8) is 0 Å². The minimum absolute atomic E-state index is 0.00743. The minimum atomic E-state index is -0.587. The average Bonchev–Trinajstić information content (AvgIpc) is 3.08. The molecule has 0 aliphatic heterocycles. The topological polar surface area (TPSA) is 85.3 Å². The van der Waals surface area contributed by atoms with Gasteiger partial charge in [0.2, 0.25) is 0 Å². The lowest BCUT2D eigenvalue weighted by molar-refractivity contribution is -0.128. The number of benzene rings is 1. The number of aromatic nitrogens is 2. The van der Waals surface area contributed by atoms with Crippen molar-refractivity contribution >= 4 is 23.4 Å². The van der Waals surface area contributed by atoms with E-state index < -0.39 is 5.82 Å². The fraction of sp³-hybridized carbons (Fsp3) is 0.522. The Bertz CT molecular complexity index is 1050. The lowest BCUT2D eigenvalue weighted by atomic mass is 9.56. The molecule has 0 radical (unpaired) electrons. The molecule has 1 heterocycles. The number of carbonyl (C=O) groups excluding carboxylic acids is 2. The van der Waals surface area contributed by atoms with Crippen LogP contribution >= 0.6 is 11.6 Å². The van der Waals surface area contributed by atoms with E-state index in [0.29, 0.717) is 5.69 Å². The number of fused-ring (bicyclic) bond motifs is 3. The number of halogens is 2. The fourth-order valence-electron chi connectivity index (χ4n) is 5.23. The summed E-state index contributed by atoms with van der Waals surface area (Å²) in [7, 11) is 1.77. The molecule has 1 aromatic heterocycles. The molecular formula is C23H28ClFN4O3. The van der Waals surface area contributed by atoms with E-state index in [1.165, 1.54) is 18.2 Å². The number of nitrogens with one attached hydrogen (secondary N) is 2. The predicted octanol–water partition coefficient (Wildman–Crippen LogP) is 3.54. The second kappa shape index (κ2) is 8.39. The van der Waals surface area contributed by atoms with Gasteiger partial charge in [0.25, 0.3) is 11.8 Å². The molecule has 5 rings (SSSR count). The largest absolute Gasteiger partial charge is 0.484 e. The van der Waals surface area contributed by atoms with Gasteiger partial charge in [-0.05, 0) is 63.1 Å². The molecule has 7 nitrogen and oxygen atoms in total. The molecule has 0 unspecified atom stereocenters. The van der Waals surface area contributed by atoms with E-state index in [1.807, 2.05) is 6.92 Å². The van der Waals surface area contributed by atoms with Gasteiger partial charge in [-0.25, -0.2) is 4.39 Å². The van der Waals surface area contributed by atoms with Crippen molar-refractivity contribution < 1.29 is 18.7 Å². The van der Waals surface area contributed by atoms with Crippen LogP contribution in [0.5, 0.6) is 5.75 Å². The van der Waals surface area contributed by atoms with Crippen molar-refractivity contribution in [3.05, 3.63) is 46.5 Å². The highest BCUT2D eigenvalue weighted by molar-refractivity contribution is 6.30. The van der Waals surface area contributed by atoms with Gasteiger partial charge in [-0.15, -0.1) is 0 Å². The third kappa shape index (κ3) is 4.33. The summed E-state index contributed by atoms with van der Waals surface area (Å²) in [6.45, 7) is 3.78. The Hall–Kier alpha value is -2.61. The van der Waals surface area contributed by atoms with E-state index in [9.17, 15) is 14.0 Å². The second-order valence-corrected chi connectivity index (χ2v) is 9.61. The van der Waals surface area contributed by atoms with Crippen molar-refractivity contribution in [3.8, 4) is 5.75 Å². The second-order valence-electron chi connectivity index (χ2n) is 9.20. The van der Waals surface area contributed by atoms with E-state index in [2.05, 4.69) is 22.7 Å². The molecule has 3 saturated carbocycles. The number of amides is 2. The van der Waals surface area contributed by atoms with Gasteiger partial charge in [-0.3, -0.25) is 14.3 Å². The van der Waals surface area contributed by atoms with Crippen LogP contribution in [0.3, 0.4) is 0 Å². The van der Waals surface area contributed by atoms with Gasteiger partial charge < -0.3 is 15.4 Å². The van der Waals surface area contributed by atoms with Crippen LogP contribution in [0.25, 0.3) is 0 Å². The molecule has 1 aromatic carbocycles.